The van der Waals surface area contributed by atoms with Crippen molar-refractivity contribution < 1.29 is 27.7 Å². The summed E-state index contributed by atoms with van der Waals surface area (Å²) < 4.78 is 32.4. The molecule has 2 saturated heterocycles. The molecule has 1 atom stereocenters. The number of carbonyl (C=O) groups excluding carboxylic acids is 2. The van der Waals surface area contributed by atoms with E-state index in [2.05, 4.69) is 0 Å². The summed E-state index contributed by atoms with van der Waals surface area (Å²) in [5.41, 5.74) is 0.0717. The quantitative estimate of drug-likeness (QED) is 0.399. The molecular formula is C24H27ClN4O7S. The van der Waals surface area contributed by atoms with Gasteiger partial charge in [0, 0.05) is 55.9 Å². The Labute approximate surface area is 219 Å². The largest absolute Gasteiger partial charge is 0.490 e. The number of rotatable bonds is 6. The van der Waals surface area contributed by atoms with Gasteiger partial charge in [0.1, 0.15) is 0 Å². The summed E-state index contributed by atoms with van der Waals surface area (Å²) in [6.45, 7) is 1.37. The van der Waals surface area contributed by atoms with Gasteiger partial charge in [-0.2, -0.15) is 4.31 Å². The highest BCUT2D eigenvalue weighted by Crippen LogP contribution is 2.31. The van der Waals surface area contributed by atoms with E-state index in [0.717, 1.165) is 6.07 Å². The van der Waals surface area contributed by atoms with Crippen LogP contribution < -0.4 is 4.74 Å². The molecule has 2 aromatic rings. The summed E-state index contributed by atoms with van der Waals surface area (Å²) in [5.74, 6) is -0.655. The van der Waals surface area contributed by atoms with Crippen molar-refractivity contribution in [2.24, 2.45) is 5.92 Å². The predicted molar refractivity (Wildman–Crippen MR) is 135 cm³/mol. The number of halogens is 1. The Bertz CT molecular complexity index is 1290. The number of nitro groups is 1. The molecule has 1 unspecified atom stereocenters. The molecule has 0 radical (unpaired) electrons. The molecule has 13 heteroatoms. The molecule has 0 spiro atoms. The zero-order valence-electron chi connectivity index (χ0n) is 20.2. The molecular weight excluding hydrogens is 524 g/mol. The molecule has 2 aromatic carbocycles. The summed E-state index contributed by atoms with van der Waals surface area (Å²) in [6, 6.07) is 10.1. The van der Waals surface area contributed by atoms with Crippen LogP contribution in [-0.4, -0.2) is 85.6 Å². The number of carbonyl (C=O) groups is 2. The van der Waals surface area contributed by atoms with E-state index in [1.54, 1.807) is 34.1 Å². The van der Waals surface area contributed by atoms with Gasteiger partial charge in [0.2, 0.25) is 15.9 Å². The molecule has 198 valence electrons. The van der Waals surface area contributed by atoms with Crippen molar-refractivity contribution >= 4 is 39.1 Å². The van der Waals surface area contributed by atoms with E-state index in [1.807, 2.05) is 0 Å². The Morgan fingerprint density at radius 3 is 2.32 bits per heavy atom. The highest BCUT2D eigenvalue weighted by molar-refractivity contribution is 7.89. The number of likely N-dealkylation sites (tertiary alicyclic amines) is 1. The maximum Gasteiger partial charge on any atom is 0.312 e. The van der Waals surface area contributed by atoms with Gasteiger partial charge >= 0.3 is 5.69 Å². The Hall–Kier alpha value is -3.22. The van der Waals surface area contributed by atoms with E-state index >= 15 is 0 Å². The number of sulfonamides is 1. The molecule has 0 saturated carbocycles. The van der Waals surface area contributed by atoms with Crippen molar-refractivity contribution in [3.8, 4) is 5.75 Å². The summed E-state index contributed by atoms with van der Waals surface area (Å²) in [5, 5.41) is 11.8. The van der Waals surface area contributed by atoms with E-state index < -0.39 is 20.6 Å². The lowest BCUT2D eigenvalue weighted by molar-refractivity contribution is -0.386. The van der Waals surface area contributed by atoms with Crippen LogP contribution >= 0.6 is 11.6 Å². The highest BCUT2D eigenvalue weighted by Gasteiger charge is 2.36. The lowest BCUT2D eigenvalue weighted by Crippen LogP contribution is -2.54. The number of piperidine rings is 1. The molecule has 2 heterocycles. The monoisotopic (exact) mass is 550 g/mol. The first-order valence-electron chi connectivity index (χ1n) is 11.8. The lowest BCUT2D eigenvalue weighted by Gasteiger charge is -2.38. The van der Waals surface area contributed by atoms with Crippen LogP contribution in [0, 0.1) is 16.0 Å². The van der Waals surface area contributed by atoms with E-state index in [4.69, 9.17) is 16.3 Å². The third-order valence-electron chi connectivity index (χ3n) is 6.68. The molecule has 2 amide bonds. The zero-order valence-corrected chi connectivity index (χ0v) is 21.8. The molecule has 0 aromatic heterocycles. The van der Waals surface area contributed by atoms with Crippen molar-refractivity contribution in [2.45, 2.75) is 17.7 Å². The predicted octanol–water partition coefficient (Wildman–Crippen LogP) is 2.64. The first-order valence-corrected chi connectivity index (χ1v) is 13.6. The van der Waals surface area contributed by atoms with E-state index in [-0.39, 0.29) is 54.6 Å². The standard InChI is InChI=1S/C24H27ClN4O7S/c1-36-22-9-8-20(15-21(22)29(32)33)37(34,35)28-13-11-26(12-14-28)24(31)18-3-2-10-27(16-18)23(30)17-4-6-19(25)7-5-17/h4-9,15,18H,2-3,10-14,16H2,1H3. The van der Waals surface area contributed by atoms with E-state index in [1.165, 1.54) is 23.5 Å². The van der Waals surface area contributed by atoms with E-state index in [0.29, 0.717) is 36.5 Å². The number of hydrogen-bond donors (Lipinski definition) is 0. The molecule has 0 aliphatic carbocycles. The lowest BCUT2D eigenvalue weighted by atomic mass is 9.95. The maximum atomic E-state index is 13.2. The van der Waals surface area contributed by atoms with Gasteiger partial charge in [-0.1, -0.05) is 11.6 Å². The Kier molecular flexibility index (Phi) is 8.00. The number of benzene rings is 2. The van der Waals surface area contributed by atoms with Crippen molar-refractivity contribution in [2.75, 3.05) is 46.4 Å². The molecule has 4 rings (SSSR count). The smallest absolute Gasteiger partial charge is 0.312 e. The Morgan fingerprint density at radius 2 is 1.70 bits per heavy atom. The molecule has 0 bridgehead atoms. The minimum Gasteiger partial charge on any atom is -0.490 e. The molecule has 2 aliphatic heterocycles. The summed E-state index contributed by atoms with van der Waals surface area (Å²) in [6.07, 6.45) is 1.34. The van der Waals surface area contributed by atoms with Crippen molar-refractivity contribution in [3.63, 3.8) is 0 Å². The van der Waals surface area contributed by atoms with Crippen LogP contribution in [0.3, 0.4) is 0 Å². The molecule has 37 heavy (non-hydrogen) atoms. The van der Waals surface area contributed by atoms with Crippen LogP contribution in [0.2, 0.25) is 5.02 Å². The van der Waals surface area contributed by atoms with Crippen LogP contribution in [0.1, 0.15) is 23.2 Å². The van der Waals surface area contributed by atoms with Crippen LogP contribution in [-0.2, 0) is 14.8 Å². The van der Waals surface area contributed by atoms with Crippen LogP contribution in [0.15, 0.2) is 47.4 Å². The number of piperazine rings is 1. The number of methoxy groups -OCH3 is 1. The van der Waals surface area contributed by atoms with E-state index in [9.17, 15) is 28.1 Å². The maximum absolute atomic E-state index is 13.2. The van der Waals surface area contributed by atoms with Gasteiger partial charge in [0.15, 0.2) is 5.75 Å². The Balaban J connectivity index is 1.39. The fraction of sp³-hybridized carbons (Fsp3) is 0.417. The van der Waals surface area contributed by atoms with Gasteiger partial charge < -0.3 is 14.5 Å². The fourth-order valence-corrected chi connectivity index (χ4v) is 6.24. The van der Waals surface area contributed by atoms with Crippen molar-refractivity contribution in [1.29, 1.82) is 0 Å². The molecule has 11 nitrogen and oxygen atoms in total. The summed E-state index contributed by atoms with van der Waals surface area (Å²) in [7, 11) is -2.73. The number of amides is 2. The minimum atomic E-state index is -4.00. The second-order valence-corrected chi connectivity index (χ2v) is 11.3. The van der Waals surface area contributed by atoms with Crippen molar-refractivity contribution in [1.82, 2.24) is 14.1 Å². The van der Waals surface area contributed by atoms with Gasteiger partial charge in [0.25, 0.3) is 5.91 Å². The highest BCUT2D eigenvalue weighted by atomic mass is 35.5. The third kappa shape index (κ3) is 5.71. The summed E-state index contributed by atoms with van der Waals surface area (Å²) >= 11 is 5.91. The molecule has 2 aliphatic rings. The third-order valence-corrected chi connectivity index (χ3v) is 8.83. The number of ether oxygens (including phenoxy) is 1. The van der Waals surface area contributed by atoms with Gasteiger partial charge in [-0.05, 0) is 49.2 Å². The van der Waals surface area contributed by atoms with Gasteiger partial charge in [0.05, 0.1) is 22.8 Å². The van der Waals surface area contributed by atoms with Crippen LogP contribution in [0.25, 0.3) is 0 Å². The van der Waals surface area contributed by atoms with Gasteiger partial charge in [-0.25, -0.2) is 8.42 Å². The average Bonchev–Trinajstić information content (AvgIpc) is 2.92. The van der Waals surface area contributed by atoms with Crippen LogP contribution in [0.5, 0.6) is 5.75 Å². The Morgan fingerprint density at radius 1 is 1.03 bits per heavy atom. The van der Waals surface area contributed by atoms with Gasteiger partial charge in [-0.3, -0.25) is 19.7 Å². The number of nitrogens with zero attached hydrogens (tertiary/aromatic N) is 4. The normalized spacial score (nSPS) is 18.9. The SMILES string of the molecule is COc1ccc(S(=O)(=O)N2CCN(C(=O)C3CCCN(C(=O)c4ccc(Cl)cc4)C3)CC2)cc1[N+](=O)[O-]. The first-order chi connectivity index (χ1) is 17.6. The summed E-state index contributed by atoms with van der Waals surface area (Å²) in [4.78, 5) is 39.8. The fourth-order valence-electron chi connectivity index (χ4n) is 4.67. The minimum absolute atomic E-state index is 0.0320. The molecule has 2 fully saturated rings. The second kappa shape index (κ2) is 11.0. The zero-order chi connectivity index (χ0) is 26.7. The molecule has 0 N–H and O–H groups in total. The van der Waals surface area contributed by atoms with Crippen LogP contribution in [0.4, 0.5) is 5.69 Å². The van der Waals surface area contributed by atoms with Crippen molar-refractivity contribution in [3.05, 3.63) is 63.2 Å². The number of hydrogen-bond acceptors (Lipinski definition) is 7. The topological polar surface area (TPSA) is 130 Å². The second-order valence-electron chi connectivity index (χ2n) is 8.92. The first kappa shape index (κ1) is 26.8. The van der Waals surface area contributed by atoms with Gasteiger partial charge in [-0.15, -0.1) is 0 Å². The average molecular weight is 551 g/mol. The number of nitro benzene ring substituents is 1.